The number of para-hydroxylation sites is 1. The molecule has 0 amide bonds. The predicted molar refractivity (Wildman–Crippen MR) is 75.9 cm³/mol. The van der Waals surface area contributed by atoms with Crippen LogP contribution in [-0.4, -0.2) is 4.98 Å². The van der Waals surface area contributed by atoms with Gasteiger partial charge in [0, 0.05) is 17.6 Å². The second-order valence-electron chi connectivity index (χ2n) is 5.11. The van der Waals surface area contributed by atoms with Gasteiger partial charge in [-0.15, -0.1) is 0 Å². The lowest BCUT2D eigenvalue weighted by Gasteiger charge is -2.19. The van der Waals surface area contributed by atoms with Crippen molar-refractivity contribution in [2.75, 3.05) is 0 Å². The van der Waals surface area contributed by atoms with Crippen molar-refractivity contribution in [3.63, 3.8) is 0 Å². The molecule has 0 radical (unpaired) electrons. The molecule has 2 aromatic rings. The Bertz CT molecular complexity index is 503. The topological polar surface area (TPSA) is 50.9 Å². The molecule has 0 aliphatic carbocycles. The minimum atomic E-state index is 0.195. The van der Waals surface area contributed by atoms with Crippen molar-refractivity contribution in [2.24, 2.45) is 11.8 Å². The fourth-order valence-electron chi connectivity index (χ4n) is 2.25. The molecular formula is C15H21N3. The normalized spacial score (nSPS) is 13.1. The third-order valence-electron chi connectivity index (χ3n) is 3.29. The molecule has 3 N–H and O–H groups in total. The van der Waals surface area contributed by atoms with E-state index in [4.69, 9.17) is 5.84 Å². The summed E-state index contributed by atoms with van der Waals surface area (Å²) in [5.74, 6) is 6.40. The zero-order valence-electron chi connectivity index (χ0n) is 11.1. The van der Waals surface area contributed by atoms with Gasteiger partial charge < -0.3 is 0 Å². The van der Waals surface area contributed by atoms with Crippen LogP contribution in [0, 0.1) is 5.92 Å². The first-order valence-corrected chi connectivity index (χ1v) is 6.52. The number of fused-ring (bicyclic) bond motifs is 1. The third kappa shape index (κ3) is 2.86. The molecule has 0 spiro atoms. The number of benzene rings is 1. The SMILES string of the molecule is CC(C)CCC(NN)c1ccnc2ccccc12. The second-order valence-corrected chi connectivity index (χ2v) is 5.11. The standard InChI is InChI=1S/C15H21N3/c1-11(2)7-8-15(18-16)13-9-10-17-14-6-4-3-5-12(13)14/h3-6,9-11,15,18H,7-8,16H2,1-2H3. The van der Waals surface area contributed by atoms with Crippen molar-refractivity contribution >= 4 is 10.9 Å². The van der Waals surface area contributed by atoms with E-state index >= 15 is 0 Å². The Morgan fingerprint density at radius 2 is 1.94 bits per heavy atom. The van der Waals surface area contributed by atoms with Crippen molar-refractivity contribution in [1.29, 1.82) is 0 Å². The number of hydrazine groups is 1. The van der Waals surface area contributed by atoms with E-state index in [1.807, 2.05) is 24.4 Å². The van der Waals surface area contributed by atoms with Crippen LogP contribution in [-0.2, 0) is 0 Å². The molecule has 0 saturated heterocycles. The molecule has 0 saturated carbocycles. The number of nitrogens with two attached hydrogens (primary N) is 1. The highest BCUT2D eigenvalue weighted by Gasteiger charge is 2.13. The summed E-state index contributed by atoms with van der Waals surface area (Å²) in [5.41, 5.74) is 5.21. The van der Waals surface area contributed by atoms with E-state index < -0.39 is 0 Å². The van der Waals surface area contributed by atoms with Crippen LogP contribution in [0.1, 0.15) is 38.3 Å². The number of rotatable bonds is 5. The number of nitrogens with zero attached hydrogens (tertiary/aromatic N) is 1. The van der Waals surface area contributed by atoms with E-state index in [1.54, 1.807) is 0 Å². The first-order chi connectivity index (χ1) is 8.72. The van der Waals surface area contributed by atoms with Crippen LogP contribution >= 0.6 is 0 Å². The molecule has 0 aliphatic rings. The number of hydrogen-bond donors (Lipinski definition) is 2. The van der Waals surface area contributed by atoms with Crippen LogP contribution in [0.25, 0.3) is 10.9 Å². The summed E-state index contributed by atoms with van der Waals surface area (Å²) in [6.07, 6.45) is 4.06. The van der Waals surface area contributed by atoms with Gasteiger partial charge in [0.05, 0.1) is 5.52 Å². The van der Waals surface area contributed by atoms with Crippen LogP contribution in [0.2, 0.25) is 0 Å². The molecule has 2 rings (SSSR count). The lowest BCUT2D eigenvalue weighted by molar-refractivity contribution is 0.450. The van der Waals surface area contributed by atoms with Gasteiger partial charge in [-0.1, -0.05) is 32.0 Å². The molecule has 3 nitrogen and oxygen atoms in total. The van der Waals surface area contributed by atoms with Crippen molar-refractivity contribution in [2.45, 2.75) is 32.7 Å². The Kier molecular flexibility index (Phi) is 4.28. The Hall–Kier alpha value is -1.45. The van der Waals surface area contributed by atoms with Gasteiger partial charge in [-0.3, -0.25) is 16.3 Å². The van der Waals surface area contributed by atoms with Gasteiger partial charge in [0.2, 0.25) is 0 Å². The smallest absolute Gasteiger partial charge is 0.0705 e. The Morgan fingerprint density at radius 3 is 2.67 bits per heavy atom. The molecule has 96 valence electrons. The Labute approximate surface area is 108 Å². The molecule has 18 heavy (non-hydrogen) atoms. The minimum Gasteiger partial charge on any atom is -0.271 e. The van der Waals surface area contributed by atoms with Gasteiger partial charge >= 0.3 is 0 Å². The lowest BCUT2D eigenvalue weighted by atomic mass is 9.96. The molecule has 1 atom stereocenters. The molecular weight excluding hydrogens is 222 g/mol. The molecule has 1 aromatic heterocycles. The van der Waals surface area contributed by atoms with Crippen LogP contribution < -0.4 is 11.3 Å². The number of aromatic nitrogens is 1. The lowest BCUT2D eigenvalue weighted by Crippen LogP contribution is -2.28. The number of nitrogens with one attached hydrogen (secondary N) is 1. The highest BCUT2D eigenvalue weighted by Crippen LogP contribution is 2.26. The summed E-state index contributed by atoms with van der Waals surface area (Å²) in [6, 6.07) is 10.5. The maximum atomic E-state index is 5.71. The van der Waals surface area contributed by atoms with E-state index in [2.05, 4.69) is 36.4 Å². The summed E-state index contributed by atoms with van der Waals surface area (Å²) in [7, 11) is 0. The van der Waals surface area contributed by atoms with Crippen molar-refractivity contribution in [3.8, 4) is 0 Å². The van der Waals surface area contributed by atoms with Crippen LogP contribution in [0.3, 0.4) is 0 Å². The van der Waals surface area contributed by atoms with E-state index in [0.717, 1.165) is 18.4 Å². The van der Waals surface area contributed by atoms with Crippen molar-refractivity contribution in [1.82, 2.24) is 10.4 Å². The van der Waals surface area contributed by atoms with Crippen LogP contribution in [0.15, 0.2) is 36.5 Å². The van der Waals surface area contributed by atoms with Gasteiger partial charge in [-0.05, 0) is 36.5 Å². The van der Waals surface area contributed by atoms with Crippen molar-refractivity contribution < 1.29 is 0 Å². The minimum absolute atomic E-state index is 0.195. The fraction of sp³-hybridized carbons (Fsp3) is 0.400. The van der Waals surface area contributed by atoms with Crippen LogP contribution in [0.4, 0.5) is 0 Å². The first kappa shape index (κ1) is 13.0. The van der Waals surface area contributed by atoms with Crippen molar-refractivity contribution in [3.05, 3.63) is 42.1 Å². The summed E-state index contributed by atoms with van der Waals surface area (Å²) in [5, 5.41) is 1.19. The average molecular weight is 243 g/mol. The van der Waals surface area contributed by atoms with Gasteiger partial charge in [0.15, 0.2) is 0 Å². The summed E-state index contributed by atoms with van der Waals surface area (Å²) >= 11 is 0. The zero-order chi connectivity index (χ0) is 13.0. The maximum absolute atomic E-state index is 5.71. The molecule has 1 unspecified atom stereocenters. The molecule has 3 heteroatoms. The highest BCUT2D eigenvalue weighted by atomic mass is 15.2. The third-order valence-corrected chi connectivity index (χ3v) is 3.29. The molecule has 0 aliphatic heterocycles. The van der Waals surface area contributed by atoms with E-state index in [-0.39, 0.29) is 6.04 Å². The van der Waals surface area contributed by atoms with Gasteiger partial charge in [-0.2, -0.15) is 0 Å². The quantitative estimate of drug-likeness (QED) is 0.626. The van der Waals surface area contributed by atoms with Gasteiger partial charge in [0.1, 0.15) is 0 Å². The zero-order valence-corrected chi connectivity index (χ0v) is 11.1. The van der Waals surface area contributed by atoms with E-state index in [1.165, 1.54) is 10.9 Å². The predicted octanol–water partition coefficient (Wildman–Crippen LogP) is 3.18. The fourth-order valence-corrected chi connectivity index (χ4v) is 2.25. The largest absolute Gasteiger partial charge is 0.271 e. The maximum Gasteiger partial charge on any atom is 0.0705 e. The summed E-state index contributed by atoms with van der Waals surface area (Å²) < 4.78 is 0. The summed E-state index contributed by atoms with van der Waals surface area (Å²) in [4.78, 5) is 4.39. The van der Waals surface area contributed by atoms with E-state index in [0.29, 0.717) is 5.92 Å². The second kappa shape index (κ2) is 5.94. The molecule has 0 fully saturated rings. The Balaban J connectivity index is 2.32. The number of pyridine rings is 1. The highest BCUT2D eigenvalue weighted by molar-refractivity contribution is 5.82. The number of hydrogen-bond acceptors (Lipinski definition) is 3. The summed E-state index contributed by atoms with van der Waals surface area (Å²) in [6.45, 7) is 4.47. The monoisotopic (exact) mass is 243 g/mol. The van der Waals surface area contributed by atoms with Gasteiger partial charge in [-0.25, -0.2) is 0 Å². The Morgan fingerprint density at radius 1 is 1.17 bits per heavy atom. The van der Waals surface area contributed by atoms with Gasteiger partial charge in [0.25, 0.3) is 0 Å². The first-order valence-electron chi connectivity index (χ1n) is 6.52. The molecule has 1 aromatic carbocycles. The van der Waals surface area contributed by atoms with E-state index in [9.17, 15) is 0 Å². The van der Waals surface area contributed by atoms with Crippen LogP contribution in [0.5, 0.6) is 0 Å². The average Bonchev–Trinajstić information content (AvgIpc) is 2.39. The molecule has 1 heterocycles. The molecule has 0 bridgehead atoms.